The molecular weight excluding hydrogens is 310 g/mol. The molecule has 0 radical (unpaired) electrons. The molecule has 0 spiro atoms. The standard InChI is InChI=1S/C21H33N3O/c1-17-5-4-6-19(15-17)16-18(2)21(25)24-9-7-20(8-10-24)23-13-11-22(3)12-14-23/h4-6,15,18,20H,7-14,16H2,1-3H3/t18-/m1/s1. The molecule has 1 amide bonds. The maximum absolute atomic E-state index is 12.8. The van der Waals surface area contributed by atoms with Gasteiger partial charge in [0.2, 0.25) is 5.91 Å². The van der Waals surface area contributed by atoms with Gasteiger partial charge in [-0.2, -0.15) is 0 Å². The number of likely N-dealkylation sites (N-methyl/N-ethyl adjacent to an activating group) is 1. The Balaban J connectivity index is 1.47. The van der Waals surface area contributed by atoms with Gasteiger partial charge in [-0.25, -0.2) is 0 Å². The molecule has 2 fully saturated rings. The maximum Gasteiger partial charge on any atom is 0.225 e. The quantitative estimate of drug-likeness (QED) is 0.840. The normalized spacial score (nSPS) is 22.1. The van der Waals surface area contributed by atoms with Crippen LogP contribution in [0.25, 0.3) is 0 Å². The molecule has 0 bridgehead atoms. The number of amides is 1. The lowest BCUT2D eigenvalue weighted by Crippen LogP contribution is -2.53. The Labute approximate surface area is 152 Å². The van der Waals surface area contributed by atoms with Crippen LogP contribution in [0, 0.1) is 12.8 Å². The van der Waals surface area contributed by atoms with Gasteiger partial charge in [-0.15, -0.1) is 0 Å². The third kappa shape index (κ3) is 4.83. The van der Waals surface area contributed by atoms with Crippen molar-refractivity contribution in [1.29, 1.82) is 0 Å². The number of nitrogens with zero attached hydrogens (tertiary/aromatic N) is 3. The Morgan fingerprint density at radius 3 is 2.44 bits per heavy atom. The second-order valence-corrected chi connectivity index (χ2v) is 7.99. The van der Waals surface area contributed by atoms with Crippen LogP contribution in [0.1, 0.15) is 30.9 Å². The number of benzene rings is 1. The van der Waals surface area contributed by atoms with Crippen molar-refractivity contribution in [2.75, 3.05) is 46.3 Å². The van der Waals surface area contributed by atoms with Gasteiger partial charge in [0.15, 0.2) is 0 Å². The van der Waals surface area contributed by atoms with Crippen LogP contribution in [0.3, 0.4) is 0 Å². The summed E-state index contributed by atoms with van der Waals surface area (Å²) in [5.74, 6) is 0.403. The number of likely N-dealkylation sites (tertiary alicyclic amines) is 1. The van der Waals surface area contributed by atoms with E-state index < -0.39 is 0 Å². The molecule has 25 heavy (non-hydrogen) atoms. The first-order valence-corrected chi connectivity index (χ1v) is 9.80. The Bertz CT molecular complexity index is 572. The number of hydrogen-bond acceptors (Lipinski definition) is 3. The minimum atomic E-state index is 0.0713. The van der Waals surface area contributed by atoms with E-state index in [2.05, 4.69) is 59.9 Å². The molecule has 0 aromatic heterocycles. The van der Waals surface area contributed by atoms with Crippen LogP contribution >= 0.6 is 0 Å². The fourth-order valence-corrected chi connectivity index (χ4v) is 4.23. The molecule has 2 heterocycles. The van der Waals surface area contributed by atoms with Crippen molar-refractivity contribution in [3.05, 3.63) is 35.4 Å². The van der Waals surface area contributed by atoms with Crippen LogP contribution in [0.2, 0.25) is 0 Å². The van der Waals surface area contributed by atoms with E-state index in [4.69, 9.17) is 0 Å². The van der Waals surface area contributed by atoms with Gasteiger partial charge in [0.05, 0.1) is 0 Å². The fourth-order valence-electron chi connectivity index (χ4n) is 4.23. The number of carbonyl (C=O) groups is 1. The summed E-state index contributed by atoms with van der Waals surface area (Å²) >= 11 is 0. The van der Waals surface area contributed by atoms with Crippen molar-refractivity contribution in [3.8, 4) is 0 Å². The minimum absolute atomic E-state index is 0.0713. The van der Waals surface area contributed by atoms with Crippen LogP contribution in [0.4, 0.5) is 0 Å². The summed E-state index contributed by atoms with van der Waals surface area (Å²) in [6, 6.07) is 9.20. The topological polar surface area (TPSA) is 26.8 Å². The van der Waals surface area contributed by atoms with Crippen LogP contribution < -0.4 is 0 Å². The van der Waals surface area contributed by atoms with E-state index >= 15 is 0 Å². The summed E-state index contributed by atoms with van der Waals surface area (Å²) in [4.78, 5) is 20.0. The summed E-state index contributed by atoms with van der Waals surface area (Å²) in [6.45, 7) is 10.7. The minimum Gasteiger partial charge on any atom is -0.342 e. The Morgan fingerprint density at radius 2 is 1.80 bits per heavy atom. The van der Waals surface area contributed by atoms with Crippen molar-refractivity contribution in [2.45, 2.75) is 39.2 Å². The Morgan fingerprint density at radius 1 is 1.12 bits per heavy atom. The van der Waals surface area contributed by atoms with Gasteiger partial charge >= 0.3 is 0 Å². The third-order valence-electron chi connectivity index (χ3n) is 5.88. The lowest BCUT2D eigenvalue weighted by Gasteiger charge is -2.42. The molecule has 4 heteroatoms. The van der Waals surface area contributed by atoms with Gasteiger partial charge in [-0.3, -0.25) is 9.69 Å². The molecular formula is C21H33N3O. The fraction of sp³-hybridized carbons (Fsp3) is 0.667. The molecule has 1 aromatic rings. The van der Waals surface area contributed by atoms with Gasteiger partial charge in [-0.05, 0) is 38.8 Å². The lowest BCUT2D eigenvalue weighted by atomic mass is 9.96. The highest BCUT2D eigenvalue weighted by Gasteiger charge is 2.30. The van der Waals surface area contributed by atoms with E-state index in [1.54, 1.807) is 0 Å². The zero-order valence-corrected chi connectivity index (χ0v) is 16.1. The van der Waals surface area contributed by atoms with Crippen molar-refractivity contribution >= 4 is 5.91 Å². The van der Waals surface area contributed by atoms with Crippen LogP contribution in [0.15, 0.2) is 24.3 Å². The number of carbonyl (C=O) groups excluding carboxylic acids is 1. The zero-order valence-electron chi connectivity index (χ0n) is 16.1. The molecule has 1 atom stereocenters. The molecule has 1 aromatic carbocycles. The highest BCUT2D eigenvalue weighted by atomic mass is 16.2. The van der Waals surface area contributed by atoms with E-state index in [0.29, 0.717) is 11.9 Å². The Kier molecular flexibility index (Phi) is 6.13. The van der Waals surface area contributed by atoms with Gasteiger partial charge in [0.1, 0.15) is 0 Å². The molecule has 3 rings (SSSR count). The number of hydrogen-bond donors (Lipinski definition) is 0. The summed E-state index contributed by atoms with van der Waals surface area (Å²) in [5.41, 5.74) is 2.54. The predicted molar refractivity (Wildman–Crippen MR) is 103 cm³/mol. The second kappa shape index (κ2) is 8.33. The molecule has 0 unspecified atom stereocenters. The van der Waals surface area contributed by atoms with Crippen LogP contribution in [0.5, 0.6) is 0 Å². The average Bonchev–Trinajstić information content (AvgIpc) is 2.62. The SMILES string of the molecule is Cc1cccc(C[C@@H](C)C(=O)N2CCC(N3CCN(C)CC3)CC2)c1. The van der Waals surface area contributed by atoms with Crippen molar-refractivity contribution < 1.29 is 4.79 Å². The summed E-state index contributed by atoms with van der Waals surface area (Å²) in [5, 5.41) is 0. The molecule has 0 aliphatic carbocycles. The number of piperazine rings is 1. The highest BCUT2D eigenvalue weighted by molar-refractivity contribution is 5.78. The van der Waals surface area contributed by atoms with Gasteiger partial charge in [-0.1, -0.05) is 36.8 Å². The third-order valence-corrected chi connectivity index (χ3v) is 5.88. The lowest BCUT2D eigenvalue weighted by molar-refractivity contribution is -0.136. The summed E-state index contributed by atoms with van der Waals surface area (Å²) < 4.78 is 0. The monoisotopic (exact) mass is 343 g/mol. The molecule has 138 valence electrons. The maximum atomic E-state index is 12.8. The van der Waals surface area contributed by atoms with Crippen LogP contribution in [-0.2, 0) is 11.2 Å². The van der Waals surface area contributed by atoms with Gasteiger partial charge in [0.25, 0.3) is 0 Å². The first-order valence-electron chi connectivity index (χ1n) is 9.80. The zero-order chi connectivity index (χ0) is 17.8. The molecule has 2 saturated heterocycles. The van der Waals surface area contributed by atoms with Gasteiger partial charge < -0.3 is 9.80 Å². The van der Waals surface area contributed by atoms with E-state index in [1.165, 1.54) is 37.3 Å². The number of aryl methyl sites for hydroxylation is 1. The average molecular weight is 344 g/mol. The molecule has 0 N–H and O–H groups in total. The largest absolute Gasteiger partial charge is 0.342 e. The Hall–Kier alpha value is -1.39. The summed E-state index contributed by atoms with van der Waals surface area (Å²) in [7, 11) is 2.20. The van der Waals surface area contributed by atoms with Crippen molar-refractivity contribution in [2.24, 2.45) is 5.92 Å². The second-order valence-electron chi connectivity index (χ2n) is 7.99. The number of piperidine rings is 1. The van der Waals surface area contributed by atoms with E-state index in [-0.39, 0.29) is 5.92 Å². The predicted octanol–water partition coefficient (Wildman–Crippen LogP) is 2.41. The van der Waals surface area contributed by atoms with Gasteiger partial charge in [0, 0.05) is 51.2 Å². The summed E-state index contributed by atoms with van der Waals surface area (Å²) in [6.07, 6.45) is 3.11. The highest BCUT2D eigenvalue weighted by Crippen LogP contribution is 2.21. The first kappa shape index (κ1) is 18.4. The van der Waals surface area contributed by atoms with Crippen molar-refractivity contribution in [1.82, 2.24) is 14.7 Å². The smallest absolute Gasteiger partial charge is 0.225 e. The molecule has 0 saturated carbocycles. The van der Waals surface area contributed by atoms with E-state index in [9.17, 15) is 4.79 Å². The molecule has 2 aliphatic rings. The first-order chi connectivity index (χ1) is 12.0. The van der Waals surface area contributed by atoms with E-state index in [0.717, 1.165) is 32.4 Å². The van der Waals surface area contributed by atoms with E-state index in [1.807, 2.05) is 0 Å². The van der Waals surface area contributed by atoms with Crippen molar-refractivity contribution in [3.63, 3.8) is 0 Å². The van der Waals surface area contributed by atoms with Crippen LogP contribution in [-0.4, -0.2) is 73.0 Å². The molecule has 4 nitrogen and oxygen atoms in total. The number of rotatable bonds is 4. The molecule has 2 aliphatic heterocycles.